The van der Waals surface area contributed by atoms with Gasteiger partial charge in [0, 0.05) is 0 Å². The lowest BCUT2D eigenvalue weighted by Crippen LogP contribution is -2.56. The van der Waals surface area contributed by atoms with Crippen LogP contribution in [0.25, 0.3) is 0 Å². The normalized spacial score (nSPS) is 20.5. The zero-order valence-electron chi connectivity index (χ0n) is 8.70. The van der Waals surface area contributed by atoms with Crippen LogP contribution in [0, 0.1) is 0 Å². The average Bonchev–Trinajstić information content (AvgIpc) is 2.59. The van der Waals surface area contributed by atoms with Crippen molar-refractivity contribution in [3.8, 4) is 0 Å². The van der Waals surface area contributed by atoms with Gasteiger partial charge in [0.2, 0.25) is 5.54 Å². The number of hydrogen-bond donors (Lipinski definition) is 0. The maximum atomic E-state index is 11.6. The third-order valence-electron chi connectivity index (χ3n) is 2.73. The molecule has 0 amide bonds. The van der Waals surface area contributed by atoms with Gasteiger partial charge in [-0.3, -0.25) is 4.90 Å². The number of nitrogens with zero attached hydrogens (tertiary/aromatic N) is 1. The second-order valence-electron chi connectivity index (χ2n) is 3.37. The summed E-state index contributed by atoms with van der Waals surface area (Å²) in [4.78, 5) is 24.8. The quantitative estimate of drug-likeness (QED) is 0.457. The van der Waals surface area contributed by atoms with Crippen molar-refractivity contribution in [3.63, 3.8) is 0 Å². The van der Waals surface area contributed by atoms with E-state index in [9.17, 15) is 9.59 Å². The van der Waals surface area contributed by atoms with Gasteiger partial charge in [-0.15, -0.1) is 0 Å². The van der Waals surface area contributed by atoms with Crippen molar-refractivity contribution >= 4 is 11.9 Å². The van der Waals surface area contributed by atoms with Gasteiger partial charge in [-0.1, -0.05) is 0 Å². The highest BCUT2D eigenvalue weighted by Gasteiger charge is 2.54. The van der Waals surface area contributed by atoms with Crippen LogP contribution in [0.5, 0.6) is 0 Å². The smallest absolute Gasteiger partial charge is 0.338 e. The lowest BCUT2D eigenvalue weighted by atomic mass is 9.97. The molecule has 1 fully saturated rings. The summed E-state index contributed by atoms with van der Waals surface area (Å²) in [5.41, 5.74) is -1.22. The minimum absolute atomic E-state index is 0.461. The summed E-state index contributed by atoms with van der Waals surface area (Å²) in [5.74, 6) is -1.08. The molecular formula is C9H15NO4. The molecule has 80 valence electrons. The van der Waals surface area contributed by atoms with Crippen molar-refractivity contribution in [2.24, 2.45) is 0 Å². The van der Waals surface area contributed by atoms with Crippen LogP contribution in [0.3, 0.4) is 0 Å². The van der Waals surface area contributed by atoms with Gasteiger partial charge in [-0.05, 0) is 26.4 Å². The Morgan fingerprint density at radius 3 is 2.00 bits per heavy atom. The van der Waals surface area contributed by atoms with Crippen LogP contribution in [0.1, 0.15) is 12.8 Å². The lowest BCUT2D eigenvalue weighted by molar-refractivity contribution is -0.168. The van der Waals surface area contributed by atoms with Gasteiger partial charge in [0.05, 0.1) is 14.2 Å². The zero-order valence-corrected chi connectivity index (χ0v) is 8.70. The summed E-state index contributed by atoms with van der Waals surface area (Å²) in [5, 5.41) is 0. The highest BCUT2D eigenvalue weighted by molar-refractivity contribution is 6.05. The van der Waals surface area contributed by atoms with Crippen LogP contribution in [0.2, 0.25) is 0 Å². The molecule has 1 rings (SSSR count). The van der Waals surface area contributed by atoms with Crippen LogP contribution in [0.15, 0.2) is 0 Å². The Kier molecular flexibility index (Phi) is 3.10. The highest BCUT2D eigenvalue weighted by Crippen LogP contribution is 2.30. The van der Waals surface area contributed by atoms with E-state index in [-0.39, 0.29) is 0 Å². The van der Waals surface area contributed by atoms with Crippen molar-refractivity contribution in [1.29, 1.82) is 0 Å². The Morgan fingerprint density at radius 1 is 1.21 bits per heavy atom. The molecule has 0 aliphatic carbocycles. The summed E-state index contributed by atoms with van der Waals surface area (Å²) in [6.45, 7) is 0.699. The van der Waals surface area contributed by atoms with Crippen molar-refractivity contribution in [2.75, 3.05) is 27.8 Å². The molecule has 0 aromatic carbocycles. The Morgan fingerprint density at radius 2 is 1.71 bits per heavy atom. The molecule has 0 bridgehead atoms. The first-order valence-electron chi connectivity index (χ1n) is 4.47. The zero-order chi connectivity index (χ0) is 10.8. The van der Waals surface area contributed by atoms with Crippen LogP contribution in [0.4, 0.5) is 0 Å². The Bertz CT molecular complexity index is 235. The fourth-order valence-electron chi connectivity index (χ4n) is 1.89. The monoisotopic (exact) mass is 201 g/mol. The topological polar surface area (TPSA) is 55.8 Å². The van der Waals surface area contributed by atoms with E-state index in [1.807, 2.05) is 0 Å². The van der Waals surface area contributed by atoms with Crippen molar-refractivity contribution in [2.45, 2.75) is 18.4 Å². The molecule has 1 heterocycles. The minimum atomic E-state index is -1.22. The number of carbonyl (C=O) groups excluding carboxylic acids is 2. The number of methoxy groups -OCH3 is 2. The lowest BCUT2D eigenvalue weighted by Gasteiger charge is -2.29. The molecule has 1 aliphatic rings. The van der Waals surface area contributed by atoms with Crippen LogP contribution in [-0.2, 0) is 19.1 Å². The molecule has 0 aromatic heterocycles. The van der Waals surface area contributed by atoms with Crippen molar-refractivity contribution in [1.82, 2.24) is 4.90 Å². The van der Waals surface area contributed by atoms with Crippen LogP contribution < -0.4 is 0 Å². The number of likely N-dealkylation sites (tertiary alicyclic amines) is 1. The summed E-state index contributed by atoms with van der Waals surface area (Å²) in [6, 6.07) is 0. The number of rotatable bonds is 2. The third-order valence-corrected chi connectivity index (χ3v) is 2.73. The number of likely N-dealkylation sites (N-methyl/N-ethyl adjacent to an activating group) is 1. The number of esters is 2. The van der Waals surface area contributed by atoms with Crippen molar-refractivity contribution < 1.29 is 19.1 Å². The first-order valence-corrected chi connectivity index (χ1v) is 4.47. The fourth-order valence-corrected chi connectivity index (χ4v) is 1.89. The van der Waals surface area contributed by atoms with E-state index >= 15 is 0 Å². The standard InChI is InChI=1S/C9H15NO4/c1-10-6-4-5-9(10,7(11)13-2)8(12)14-3/h4-6H2,1-3H3. The van der Waals surface area contributed by atoms with Gasteiger partial charge in [0.15, 0.2) is 0 Å². The number of hydrogen-bond acceptors (Lipinski definition) is 5. The second-order valence-corrected chi connectivity index (χ2v) is 3.37. The molecule has 0 atom stereocenters. The summed E-state index contributed by atoms with van der Waals surface area (Å²) < 4.78 is 9.30. The predicted octanol–water partition coefficient (Wildman–Crippen LogP) is -0.203. The van der Waals surface area contributed by atoms with E-state index in [2.05, 4.69) is 9.47 Å². The molecule has 5 heteroatoms. The summed E-state index contributed by atoms with van der Waals surface area (Å²) >= 11 is 0. The molecule has 0 N–H and O–H groups in total. The second kappa shape index (κ2) is 3.96. The van der Waals surface area contributed by atoms with E-state index in [0.717, 1.165) is 6.42 Å². The SMILES string of the molecule is COC(=O)C1(C(=O)OC)CCCN1C. The summed E-state index contributed by atoms with van der Waals surface area (Å²) in [7, 11) is 4.28. The molecule has 1 aliphatic heterocycles. The fraction of sp³-hybridized carbons (Fsp3) is 0.778. The predicted molar refractivity (Wildman–Crippen MR) is 48.6 cm³/mol. The van der Waals surface area contributed by atoms with Gasteiger partial charge in [-0.25, -0.2) is 9.59 Å². The molecule has 1 saturated heterocycles. The van der Waals surface area contributed by atoms with E-state index in [0.29, 0.717) is 13.0 Å². The number of carbonyl (C=O) groups is 2. The Balaban J connectivity index is 3.01. The minimum Gasteiger partial charge on any atom is -0.467 e. The third kappa shape index (κ3) is 1.37. The number of ether oxygens (including phenoxy) is 2. The van der Waals surface area contributed by atoms with Crippen LogP contribution >= 0.6 is 0 Å². The van der Waals surface area contributed by atoms with E-state index in [1.54, 1.807) is 11.9 Å². The van der Waals surface area contributed by atoms with Crippen LogP contribution in [-0.4, -0.2) is 50.2 Å². The molecule has 0 saturated carbocycles. The van der Waals surface area contributed by atoms with Gasteiger partial charge in [0.25, 0.3) is 0 Å². The molecule has 0 unspecified atom stereocenters. The van der Waals surface area contributed by atoms with Crippen molar-refractivity contribution in [3.05, 3.63) is 0 Å². The molecular weight excluding hydrogens is 186 g/mol. The molecule has 0 radical (unpaired) electrons. The molecule has 0 spiro atoms. The Labute approximate surface area is 83.0 Å². The average molecular weight is 201 g/mol. The molecule has 0 aromatic rings. The highest BCUT2D eigenvalue weighted by atomic mass is 16.5. The first-order chi connectivity index (χ1) is 6.59. The maximum absolute atomic E-state index is 11.6. The first kappa shape index (κ1) is 11.0. The van der Waals surface area contributed by atoms with E-state index < -0.39 is 17.5 Å². The van der Waals surface area contributed by atoms with E-state index in [4.69, 9.17) is 0 Å². The molecule has 14 heavy (non-hydrogen) atoms. The van der Waals surface area contributed by atoms with E-state index in [1.165, 1.54) is 14.2 Å². The maximum Gasteiger partial charge on any atom is 0.338 e. The Hall–Kier alpha value is -1.10. The largest absolute Gasteiger partial charge is 0.467 e. The van der Waals surface area contributed by atoms with Gasteiger partial charge >= 0.3 is 11.9 Å². The van der Waals surface area contributed by atoms with Gasteiger partial charge in [-0.2, -0.15) is 0 Å². The molecule has 5 nitrogen and oxygen atoms in total. The summed E-state index contributed by atoms with van der Waals surface area (Å²) in [6.07, 6.45) is 1.25. The van der Waals surface area contributed by atoms with Gasteiger partial charge in [0.1, 0.15) is 0 Å². The van der Waals surface area contributed by atoms with Gasteiger partial charge < -0.3 is 9.47 Å².